The third-order valence-electron chi connectivity index (χ3n) is 7.43. The summed E-state index contributed by atoms with van der Waals surface area (Å²) in [7, 11) is 3.19. The highest BCUT2D eigenvalue weighted by Gasteiger charge is 2.41. The van der Waals surface area contributed by atoms with Gasteiger partial charge in [0.1, 0.15) is 17.3 Å². The van der Waals surface area contributed by atoms with E-state index in [0.717, 1.165) is 40.9 Å². The summed E-state index contributed by atoms with van der Waals surface area (Å²) in [4.78, 5) is 15.6. The van der Waals surface area contributed by atoms with Gasteiger partial charge in [-0.2, -0.15) is 0 Å². The van der Waals surface area contributed by atoms with Crippen LogP contribution in [0.3, 0.4) is 0 Å². The molecule has 0 saturated heterocycles. The van der Waals surface area contributed by atoms with Crippen molar-refractivity contribution in [3.8, 4) is 11.5 Å². The Kier molecular flexibility index (Phi) is 6.93. The van der Waals surface area contributed by atoms with Crippen molar-refractivity contribution in [2.45, 2.75) is 26.3 Å². The number of fused-ring (bicyclic) bond motifs is 1. The molecule has 5 rings (SSSR count). The van der Waals surface area contributed by atoms with Crippen molar-refractivity contribution in [2.24, 2.45) is 11.8 Å². The van der Waals surface area contributed by atoms with Crippen LogP contribution in [0.1, 0.15) is 25.3 Å². The molecule has 7 nitrogen and oxygen atoms in total. The third kappa shape index (κ3) is 4.69. The summed E-state index contributed by atoms with van der Waals surface area (Å²) in [5, 5.41) is 11.7. The summed E-state index contributed by atoms with van der Waals surface area (Å²) < 4.78 is 24.2. The van der Waals surface area contributed by atoms with E-state index in [-0.39, 0.29) is 36.7 Å². The number of carbonyl (C=O) groups excluding carboxylic acids is 1. The monoisotopic (exact) mass is 505 g/mol. The molecular formula is C29H32FN3O4. The summed E-state index contributed by atoms with van der Waals surface area (Å²) in [6.07, 6.45) is 5.67. The third-order valence-corrected chi connectivity index (χ3v) is 7.43. The molecule has 2 aliphatic carbocycles. The highest BCUT2D eigenvalue weighted by atomic mass is 19.1. The quantitative estimate of drug-likeness (QED) is 0.557. The molecule has 0 bridgehead atoms. The molecule has 37 heavy (non-hydrogen) atoms. The van der Waals surface area contributed by atoms with Crippen molar-refractivity contribution in [2.75, 3.05) is 32.4 Å². The van der Waals surface area contributed by atoms with Crippen LogP contribution in [0.5, 0.6) is 11.5 Å². The molecule has 2 atom stereocenters. The minimum Gasteiger partial charge on any atom is -0.497 e. The molecule has 0 aromatic heterocycles. The standard InChI is InChI=1S/C29H32FN3O4/c1-18-26-16-31-33(22-7-5-21(30)6-8-22)27(26)14-20-4-9-25(28(18)20)29(35)32(10-11-34)17-19-12-23(36-2)15-24(13-19)37-3/h5-8,12-16,18,25,31,34H,4,9-11,17H2,1-3H3/t18-,25-/m0/s1. The number of nitrogens with zero attached hydrogens (tertiary/aromatic N) is 2. The number of carbonyl (C=O) groups is 1. The van der Waals surface area contributed by atoms with E-state index in [1.165, 1.54) is 17.7 Å². The number of halogens is 1. The number of hydrazine groups is 1. The Labute approximate surface area is 216 Å². The van der Waals surface area contributed by atoms with Crippen LogP contribution in [-0.2, 0) is 11.3 Å². The average molecular weight is 506 g/mol. The molecule has 1 aliphatic heterocycles. The fourth-order valence-corrected chi connectivity index (χ4v) is 5.64. The van der Waals surface area contributed by atoms with Gasteiger partial charge in [0.15, 0.2) is 0 Å². The number of nitrogens with one attached hydrogen (secondary N) is 1. The Morgan fingerprint density at radius 3 is 2.51 bits per heavy atom. The second-order valence-electron chi connectivity index (χ2n) is 9.57. The number of aliphatic hydroxyl groups excluding tert-OH is 1. The lowest BCUT2D eigenvalue weighted by atomic mass is 9.80. The zero-order chi connectivity index (χ0) is 26.1. The number of ether oxygens (including phenoxy) is 2. The zero-order valence-corrected chi connectivity index (χ0v) is 21.3. The Hall–Kier alpha value is -3.78. The first-order valence-corrected chi connectivity index (χ1v) is 12.5. The van der Waals surface area contributed by atoms with Crippen molar-refractivity contribution < 1.29 is 23.8 Å². The molecule has 1 heterocycles. The molecule has 194 valence electrons. The molecule has 0 unspecified atom stereocenters. The lowest BCUT2D eigenvalue weighted by Crippen LogP contribution is -2.38. The van der Waals surface area contributed by atoms with Crippen LogP contribution in [0.2, 0.25) is 0 Å². The second kappa shape index (κ2) is 10.3. The number of methoxy groups -OCH3 is 2. The molecule has 1 amide bonds. The Morgan fingerprint density at radius 2 is 1.86 bits per heavy atom. The van der Waals surface area contributed by atoms with Crippen molar-refractivity contribution in [3.63, 3.8) is 0 Å². The van der Waals surface area contributed by atoms with Gasteiger partial charge < -0.3 is 24.9 Å². The highest BCUT2D eigenvalue weighted by Crippen LogP contribution is 2.48. The Bertz CT molecular complexity index is 1260. The van der Waals surface area contributed by atoms with E-state index < -0.39 is 0 Å². The van der Waals surface area contributed by atoms with E-state index >= 15 is 0 Å². The van der Waals surface area contributed by atoms with Gasteiger partial charge in [0.2, 0.25) is 5.91 Å². The van der Waals surface area contributed by atoms with Gasteiger partial charge in [-0.1, -0.05) is 6.92 Å². The summed E-state index contributed by atoms with van der Waals surface area (Å²) in [6, 6.07) is 12.0. The highest BCUT2D eigenvalue weighted by molar-refractivity contribution is 5.84. The molecule has 0 spiro atoms. The predicted octanol–water partition coefficient (Wildman–Crippen LogP) is 4.31. The van der Waals surface area contributed by atoms with Crippen LogP contribution in [0, 0.1) is 17.7 Å². The lowest BCUT2D eigenvalue weighted by molar-refractivity contribution is -0.135. The van der Waals surface area contributed by atoms with E-state index in [9.17, 15) is 14.3 Å². The molecule has 0 saturated carbocycles. The van der Waals surface area contributed by atoms with Gasteiger partial charge in [-0.3, -0.25) is 9.80 Å². The smallest absolute Gasteiger partial charge is 0.230 e. The molecule has 2 N–H and O–H groups in total. The number of rotatable bonds is 8. The van der Waals surface area contributed by atoms with Gasteiger partial charge in [-0.15, -0.1) is 0 Å². The van der Waals surface area contributed by atoms with Crippen LogP contribution in [-0.4, -0.2) is 43.3 Å². The SMILES string of the molecule is COc1cc(CN(CCO)C(=O)[C@H]2CCC3=C2[C@@H](C)C2=CNN(c4ccc(F)cc4)C2=C3)cc(OC)c1. The van der Waals surface area contributed by atoms with Gasteiger partial charge in [0.25, 0.3) is 0 Å². The zero-order valence-electron chi connectivity index (χ0n) is 21.3. The van der Waals surface area contributed by atoms with Gasteiger partial charge in [-0.25, -0.2) is 4.39 Å². The maximum atomic E-state index is 13.9. The van der Waals surface area contributed by atoms with E-state index in [1.54, 1.807) is 37.3 Å². The average Bonchev–Trinajstić information content (AvgIpc) is 3.53. The fraction of sp³-hybridized carbons (Fsp3) is 0.345. The van der Waals surface area contributed by atoms with Crippen molar-refractivity contribution in [1.82, 2.24) is 10.3 Å². The van der Waals surface area contributed by atoms with Crippen LogP contribution in [0.15, 0.2) is 77.2 Å². The maximum absolute atomic E-state index is 13.9. The number of benzene rings is 2. The predicted molar refractivity (Wildman–Crippen MR) is 139 cm³/mol. The topological polar surface area (TPSA) is 74.3 Å². The number of hydrogen-bond donors (Lipinski definition) is 2. The Balaban J connectivity index is 1.41. The molecule has 0 fully saturated rings. The first-order chi connectivity index (χ1) is 17.9. The molecule has 2 aromatic carbocycles. The van der Waals surface area contributed by atoms with Crippen LogP contribution >= 0.6 is 0 Å². The van der Waals surface area contributed by atoms with Crippen LogP contribution in [0.25, 0.3) is 0 Å². The number of hydrogen-bond acceptors (Lipinski definition) is 6. The molecule has 8 heteroatoms. The van der Waals surface area contributed by atoms with E-state index in [4.69, 9.17) is 9.47 Å². The number of anilines is 1. The summed E-state index contributed by atoms with van der Waals surface area (Å²) in [6.45, 7) is 2.62. The number of allylic oxidation sites excluding steroid dienone is 3. The lowest BCUT2D eigenvalue weighted by Gasteiger charge is -2.32. The summed E-state index contributed by atoms with van der Waals surface area (Å²) >= 11 is 0. The van der Waals surface area contributed by atoms with Gasteiger partial charge in [0, 0.05) is 36.8 Å². The van der Waals surface area contributed by atoms with Gasteiger partial charge >= 0.3 is 0 Å². The number of amides is 1. The van der Waals surface area contributed by atoms with E-state index in [0.29, 0.717) is 18.0 Å². The molecule has 2 aromatic rings. The van der Waals surface area contributed by atoms with Crippen LogP contribution in [0.4, 0.5) is 10.1 Å². The number of aliphatic hydroxyl groups is 1. The van der Waals surface area contributed by atoms with Crippen molar-refractivity contribution >= 4 is 11.6 Å². The fourth-order valence-electron chi connectivity index (χ4n) is 5.64. The summed E-state index contributed by atoms with van der Waals surface area (Å²) in [5.41, 5.74) is 9.49. The molecular weight excluding hydrogens is 473 g/mol. The van der Waals surface area contributed by atoms with Gasteiger partial charge in [-0.05, 0) is 72.0 Å². The van der Waals surface area contributed by atoms with Crippen molar-refractivity contribution in [1.29, 1.82) is 0 Å². The normalized spacial score (nSPS) is 20.1. The first kappa shape index (κ1) is 24.9. The first-order valence-electron chi connectivity index (χ1n) is 12.5. The Morgan fingerprint density at radius 1 is 1.16 bits per heavy atom. The maximum Gasteiger partial charge on any atom is 0.230 e. The summed E-state index contributed by atoms with van der Waals surface area (Å²) in [5.74, 6) is 0.860. The minimum absolute atomic E-state index is 0.0199. The van der Waals surface area contributed by atoms with Gasteiger partial charge in [0.05, 0.1) is 38.1 Å². The molecule has 3 aliphatic rings. The molecule has 0 radical (unpaired) electrons. The van der Waals surface area contributed by atoms with Crippen LogP contribution < -0.4 is 19.9 Å². The minimum atomic E-state index is -0.274. The largest absolute Gasteiger partial charge is 0.497 e. The van der Waals surface area contributed by atoms with E-state index in [1.807, 2.05) is 23.3 Å². The van der Waals surface area contributed by atoms with E-state index in [2.05, 4.69) is 18.4 Å². The second-order valence-corrected chi connectivity index (χ2v) is 9.57. The van der Waals surface area contributed by atoms with Crippen molar-refractivity contribution in [3.05, 3.63) is 88.5 Å².